The highest BCUT2D eigenvalue weighted by atomic mass is 16.5. The van der Waals surface area contributed by atoms with Crippen molar-refractivity contribution < 1.29 is 4.74 Å². The number of nitrogens with one attached hydrogen (secondary N) is 2. The fourth-order valence-corrected chi connectivity index (χ4v) is 3.04. The SMILES string of the molecule is CCNC(=NCC(c1cccc(C)c1)N1CCOCC1)NC(C)(C)C. The number of nitrogens with zero attached hydrogens (tertiary/aromatic N) is 2. The number of aryl methyl sites for hydroxylation is 1. The first-order valence-electron chi connectivity index (χ1n) is 9.34. The fourth-order valence-electron chi connectivity index (χ4n) is 3.04. The Morgan fingerprint density at radius 3 is 2.60 bits per heavy atom. The van der Waals surface area contributed by atoms with Crippen LogP contribution in [0.15, 0.2) is 29.3 Å². The highest BCUT2D eigenvalue weighted by Gasteiger charge is 2.23. The van der Waals surface area contributed by atoms with E-state index in [9.17, 15) is 0 Å². The molecule has 2 rings (SSSR count). The second-order valence-electron chi connectivity index (χ2n) is 7.67. The van der Waals surface area contributed by atoms with E-state index in [-0.39, 0.29) is 11.6 Å². The van der Waals surface area contributed by atoms with Gasteiger partial charge in [-0.05, 0) is 40.2 Å². The van der Waals surface area contributed by atoms with Gasteiger partial charge in [0.1, 0.15) is 0 Å². The molecule has 0 saturated carbocycles. The zero-order valence-corrected chi connectivity index (χ0v) is 16.4. The lowest BCUT2D eigenvalue weighted by molar-refractivity contribution is 0.0179. The van der Waals surface area contributed by atoms with Gasteiger partial charge in [0.2, 0.25) is 0 Å². The van der Waals surface area contributed by atoms with E-state index in [0.717, 1.165) is 45.4 Å². The molecule has 0 bridgehead atoms. The molecule has 140 valence electrons. The van der Waals surface area contributed by atoms with Crippen molar-refractivity contribution in [1.82, 2.24) is 15.5 Å². The number of hydrogen-bond donors (Lipinski definition) is 2. The Morgan fingerprint density at radius 2 is 2.00 bits per heavy atom. The first-order valence-corrected chi connectivity index (χ1v) is 9.34. The molecule has 0 spiro atoms. The third-order valence-electron chi connectivity index (χ3n) is 4.17. The molecular formula is C20H34N4O. The van der Waals surface area contributed by atoms with Crippen molar-refractivity contribution in [2.24, 2.45) is 4.99 Å². The average Bonchev–Trinajstić information content (AvgIpc) is 2.55. The molecule has 1 aliphatic rings. The van der Waals surface area contributed by atoms with Crippen molar-refractivity contribution in [2.45, 2.75) is 46.2 Å². The van der Waals surface area contributed by atoms with Gasteiger partial charge in [0.25, 0.3) is 0 Å². The van der Waals surface area contributed by atoms with E-state index < -0.39 is 0 Å². The molecule has 25 heavy (non-hydrogen) atoms. The fraction of sp³-hybridized carbons (Fsp3) is 0.650. The maximum absolute atomic E-state index is 5.54. The van der Waals surface area contributed by atoms with Crippen LogP contribution in [0, 0.1) is 6.92 Å². The average molecular weight is 347 g/mol. The summed E-state index contributed by atoms with van der Waals surface area (Å²) in [5, 5.41) is 6.83. The van der Waals surface area contributed by atoms with Crippen molar-refractivity contribution in [3.05, 3.63) is 35.4 Å². The second-order valence-corrected chi connectivity index (χ2v) is 7.67. The summed E-state index contributed by atoms with van der Waals surface area (Å²) in [6.45, 7) is 15.8. The van der Waals surface area contributed by atoms with Crippen molar-refractivity contribution in [3.63, 3.8) is 0 Å². The van der Waals surface area contributed by atoms with Gasteiger partial charge in [-0.2, -0.15) is 0 Å². The zero-order valence-electron chi connectivity index (χ0n) is 16.4. The van der Waals surface area contributed by atoms with Crippen LogP contribution >= 0.6 is 0 Å². The van der Waals surface area contributed by atoms with E-state index >= 15 is 0 Å². The summed E-state index contributed by atoms with van der Waals surface area (Å²) < 4.78 is 5.54. The summed E-state index contributed by atoms with van der Waals surface area (Å²) >= 11 is 0. The molecular weight excluding hydrogens is 312 g/mol. The molecule has 0 aliphatic carbocycles. The third-order valence-corrected chi connectivity index (χ3v) is 4.17. The molecule has 1 fully saturated rings. The summed E-state index contributed by atoms with van der Waals surface area (Å²) in [6.07, 6.45) is 0. The number of benzene rings is 1. The Labute approximate surface area is 152 Å². The van der Waals surface area contributed by atoms with Crippen LogP contribution < -0.4 is 10.6 Å². The minimum Gasteiger partial charge on any atom is -0.379 e. The first-order chi connectivity index (χ1) is 11.9. The van der Waals surface area contributed by atoms with Crippen LogP contribution in [0.4, 0.5) is 0 Å². The van der Waals surface area contributed by atoms with Crippen LogP contribution in [0.5, 0.6) is 0 Å². The van der Waals surface area contributed by atoms with Gasteiger partial charge < -0.3 is 15.4 Å². The summed E-state index contributed by atoms with van der Waals surface area (Å²) in [5.41, 5.74) is 2.61. The van der Waals surface area contributed by atoms with Gasteiger partial charge in [0, 0.05) is 25.2 Å². The monoisotopic (exact) mass is 346 g/mol. The molecule has 1 unspecified atom stereocenters. The molecule has 2 N–H and O–H groups in total. The molecule has 5 heteroatoms. The normalized spacial score (nSPS) is 18.0. The predicted octanol–water partition coefficient (Wildman–Crippen LogP) is 2.72. The zero-order chi connectivity index (χ0) is 18.3. The lowest BCUT2D eigenvalue weighted by Gasteiger charge is -2.34. The Bertz CT molecular complexity index is 559. The van der Waals surface area contributed by atoms with Crippen molar-refractivity contribution in [3.8, 4) is 0 Å². The Kier molecular flexibility index (Phi) is 7.26. The second kappa shape index (κ2) is 9.20. The van der Waals surface area contributed by atoms with Gasteiger partial charge in [-0.3, -0.25) is 9.89 Å². The Balaban J connectivity index is 2.20. The van der Waals surface area contributed by atoms with Crippen LogP contribution in [0.3, 0.4) is 0 Å². The van der Waals surface area contributed by atoms with Crippen LogP contribution in [0.2, 0.25) is 0 Å². The standard InChI is InChI=1S/C20H34N4O/c1-6-21-19(23-20(3,4)5)22-15-18(24-10-12-25-13-11-24)17-9-7-8-16(2)14-17/h7-9,14,18H,6,10-13,15H2,1-5H3,(H2,21,22,23). The quantitative estimate of drug-likeness (QED) is 0.636. The van der Waals surface area contributed by atoms with Crippen LogP contribution in [0.25, 0.3) is 0 Å². The van der Waals surface area contributed by atoms with Gasteiger partial charge in [0.05, 0.1) is 25.8 Å². The van der Waals surface area contributed by atoms with Crippen molar-refractivity contribution in [2.75, 3.05) is 39.4 Å². The number of morpholine rings is 1. The molecule has 1 atom stereocenters. The number of hydrogen-bond acceptors (Lipinski definition) is 3. The number of aliphatic imine (C=N–C) groups is 1. The summed E-state index contributed by atoms with van der Waals surface area (Å²) in [7, 11) is 0. The van der Waals surface area contributed by atoms with Crippen LogP contribution in [-0.2, 0) is 4.74 Å². The summed E-state index contributed by atoms with van der Waals surface area (Å²) in [4.78, 5) is 7.38. The third kappa shape index (κ3) is 6.67. The number of ether oxygens (including phenoxy) is 1. The molecule has 1 aliphatic heterocycles. The minimum atomic E-state index is -0.0151. The van der Waals surface area contributed by atoms with E-state index in [1.165, 1.54) is 11.1 Å². The largest absolute Gasteiger partial charge is 0.379 e. The van der Waals surface area contributed by atoms with Gasteiger partial charge in [-0.15, -0.1) is 0 Å². The molecule has 1 heterocycles. The van der Waals surface area contributed by atoms with Gasteiger partial charge >= 0.3 is 0 Å². The minimum absolute atomic E-state index is 0.0151. The van der Waals surface area contributed by atoms with Gasteiger partial charge in [0.15, 0.2) is 5.96 Å². The molecule has 5 nitrogen and oxygen atoms in total. The smallest absolute Gasteiger partial charge is 0.191 e. The van der Waals surface area contributed by atoms with E-state index in [1.807, 2.05) is 0 Å². The number of guanidine groups is 1. The Morgan fingerprint density at radius 1 is 1.28 bits per heavy atom. The maximum atomic E-state index is 5.54. The van der Waals surface area contributed by atoms with Crippen LogP contribution in [-0.4, -0.2) is 55.8 Å². The van der Waals surface area contributed by atoms with E-state index in [4.69, 9.17) is 9.73 Å². The predicted molar refractivity (Wildman–Crippen MR) is 105 cm³/mol. The van der Waals surface area contributed by atoms with Crippen LogP contribution in [0.1, 0.15) is 44.9 Å². The summed E-state index contributed by atoms with van der Waals surface area (Å²) in [6, 6.07) is 9.06. The highest BCUT2D eigenvalue weighted by molar-refractivity contribution is 5.80. The van der Waals surface area contributed by atoms with Gasteiger partial charge in [-0.1, -0.05) is 29.8 Å². The van der Waals surface area contributed by atoms with Gasteiger partial charge in [-0.25, -0.2) is 0 Å². The van der Waals surface area contributed by atoms with E-state index in [2.05, 4.69) is 74.4 Å². The molecule has 1 saturated heterocycles. The molecule has 0 aromatic heterocycles. The molecule has 1 aromatic rings. The first kappa shape index (κ1) is 19.7. The molecule has 1 aromatic carbocycles. The lowest BCUT2D eigenvalue weighted by Crippen LogP contribution is -2.48. The van der Waals surface area contributed by atoms with E-state index in [0.29, 0.717) is 0 Å². The van der Waals surface area contributed by atoms with Crippen molar-refractivity contribution >= 4 is 5.96 Å². The summed E-state index contributed by atoms with van der Waals surface area (Å²) in [5.74, 6) is 0.876. The Hall–Kier alpha value is -1.59. The molecule has 0 radical (unpaired) electrons. The highest BCUT2D eigenvalue weighted by Crippen LogP contribution is 2.23. The van der Waals surface area contributed by atoms with Crippen molar-refractivity contribution in [1.29, 1.82) is 0 Å². The maximum Gasteiger partial charge on any atom is 0.191 e. The lowest BCUT2D eigenvalue weighted by atomic mass is 10.0. The number of rotatable bonds is 5. The topological polar surface area (TPSA) is 48.9 Å². The van der Waals surface area contributed by atoms with E-state index in [1.54, 1.807) is 0 Å². The molecule has 0 amide bonds.